The van der Waals surface area contributed by atoms with E-state index in [1.165, 1.54) is 5.56 Å². The molecule has 0 saturated carbocycles. The fourth-order valence-electron chi connectivity index (χ4n) is 3.49. The van der Waals surface area contributed by atoms with Crippen LogP contribution < -0.4 is 15.5 Å². The molecule has 32 heavy (non-hydrogen) atoms. The van der Waals surface area contributed by atoms with Crippen molar-refractivity contribution in [3.05, 3.63) is 59.8 Å². The molecule has 2 heterocycles. The van der Waals surface area contributed by atoms with Gasteiger partial charge in [-0.3, -0.25) is 0 Å². The highest BCUT2D eigenvalue weighted by Gasteiger charge is 2.27. The van der Waals surface area contributed by atoms with Crippen LogP contribution in [0.1, 0.15) is 18.1 Å². The molecule has 1 aromatic heterocycles. The van der Waals surface area contributed by atoms with E-state index in [4.69, 9.17) is 0 Å². The summed E-state index contributed by atoms with van der Waals surface area (Å²) in [6.45, 7) is 7.83. The predicted octanol–water partition coefficient (Wildman–Crippen LogP) is 2.22. The molecule has 0 radical (unpaired) electrons. The third-order valence-electron chi connectivity index (χ3n) is 5.10. The Balaban J connectivity index is 0.00000363. The van der Waals surface area contributed by atoms with Crippen molar-refractivity contribution in [2.24, 2.45) is 4.99 Å². The van der Waals surface area contributed by atoms with Gasteiger partial charge in [-0.2, -0.15) is 4.31 Å². The minimum absolute atomic E-state index is 0. The number of anilines is 1. The van der Waals surface area contributed by atoms with E-state index in [1.54, 1.807) is 10.5 Å². The molecule has 8 nitrogen and oxygen atoms in total. The van der Waals surface area contributed by atoms with Gasteiger partial charge in [0.1, 0.15) is 5.82 Å². The number of aryl methyl sites for hydroxylation is 1. The van der Waals surface area contributed by atoms with Gasteiger partial charge in [0.2, 0.25) is 10.0 Å². The number of benzene rings is 1. The molecular formula is C22H33IN6O2S. The molecule has 2 N–H and O–H groups in total. The molecule has 1 aliphatic rings. The van der Waals surface area contributed by atoms with Crippen LogP contribution in [-0.4, -0.2) is 68.7 Å². The largest absolute Gasteiger partial charge is 0.357 e. The average Bonchev–Trinajstić information content (AvgIpc) is 2.78. The first-order valence-electron chi connectivity index (χ1n) is 10.7. The molecule has 1 saturated heterocycles. The van der Waals surface area contributed by atoms with Gasteiger partial charge in [-0.25, -0.2) is 18.4 Å². The molecule has 0 atom stereocenters. The minimum Gasteiger partial charge on any atom is -0.357 e. The van der Waals surface area contributed by atoms with Gasteiger partial charge in [0.15, 0.2) is 5.96 Å². The normalized spacial score (nSPS) is 15.2. The minimum atomic E-state index is -3.33. The number of hydrogen-bond acceptors (Lipinski definition) is 5. The number of guanidine groups is 1. The van der Waals surface area contributed by atoms with Crippen molar-refractivity contribution >= 4 is 45.8 Å². The van der Waals surface area contributed by atoms with Crippen molar-refractivity contribution in [2.45, 2.75) is 20.4 Å². The zero-order valence-corrected chi connectivity index (χ0v) is 21.8. The predicted molar refractivity (Wildman–Crippen MR) is 141 cm³/mol. The summed E-state index contributed by atoms with van der Waals surface area (Å²) in [6, 6.07) is 14.0. The zero-order valence-electron chi connectivity index (χ0n) is 18.7. The van der Waals surface area contributed by atoms with Gasteiger partial charge < -0.3 is 15.5 Å². The lowest BCUT2D eigenvalue weighted by atomic mass is 10.1. The highest BCUT2D eigenvalue weighted by Crippen LogP contribution is 2.14. The van der Waals surface area contributed by atoms with E-state index >= 15 is 0 Å². The standard InChI is InChI=1S/C22H32N6O2S.HI/c1-3-23-22(26-18-20-8-6-7-19(2)17-20)25-11-16-31(29,30)28-14-12-27(13-15-28)21-9-4-5-10-24-21;/h4-10,17H,3,11-16,18H2,1-2H3,(H2,23,25,26);1H. The molecule has 0 amide bonds. The molecular weight excluding hydrogens is 539 g/mol. The summed E-state index contributed by atoms with van der Waals surface area (Å²) in [5.74, 6) is 1.55. The van der Waals surface area contributed by atoms with Crippen molar-refractivity contribution < 1.29 is 8.42 Å². The van der Waals surface area contributed by atoms with E-state index in [0.717, 1.165) is 11.4 Å². The monoisotopic (exact) mass is 572 g/mol. The number of hydrogen-bond donors (Lipinski definition) is 2. The van der Waals surface area contributed by atoms with Crippen molar-refractivity contribution in [1.29, 1.82) is 0 Å². The molecule has 1 aromatic carbocycles. The van der Waals surface area contributed by atoms with Crippen LogP contribution in [0.4, 0.5) is 5.82 Å². The number of halogens is 1. The lowest BCUT2D eigenvalue weighted by molar-refractivity contribution is 0.384. The summed E-state index contributed by atoms with van der Waals surface area (Å²) >= 11 is 0. The fourth-order valence-corrected chi connectivity index (χ4v) is 4.82. The second-order valence-corrected chi connectivity index (χ2v) is 9.59. The maximum Gasteiger partial charge on any atom is 0.215 e. The number of pyridine rings is 1. The Labute approximate surface area is 208 Å². The van der Waals surface area contributed by atoms with Crippen molar-refractivity contribution in [3.63, 3.8) is 0 Å². The molecule has 1 fully saturated rings. The van der Waals surface area contributed by atoms with Gasteiger partial charge in [0.05, 0.1) is 12.3 Å². The van der Waals surface area contributed by atoms with Crippen molar-refractivity contribution in [2.75, 3.05) is 49.9 Å². The summed E-state index contributed by atoms with van der Waals surface area (Å²) in [4.78, 5) is 11.0. The molecule has 1 aliphatic heterocycles. The Bertz CT molecular complexity index is 963. The number of piperazine rings is 1. The van der Waals surface area contributed by atoms with Crippen LogP contribution in [-0.2, 0) is 16.6 Å². The van der Waals surface area contributed by atoms with Gasteiger partial charge in [-0.15, -0.1) is 24.0 Å². The molecule has 2 aromatic rings. The summed E-state index contributed by atoms with van der Waals surface area (Å²) in [7, 11) is -3.33. The SMILES string of the molecule is CCNC(=NCc1cccc(C)c1)NCCS(=O)(=O)N1CCN(c2ccccn2)CC1.I. The molecule has 0 bridgehead atoms. The fraction of sp³-hybridized carbons (Fsp3) is 0.455. The highest BCUT2D eigenvalue weighted by molar-refractivity contribution is 14.0. The maximum absolute atomic E-state index is 12.8. The molecule has 176 valence electrons. The van der Waals surface area contributed by atoms with Crippen molar-refractivity contribution in [1.82, 2.24) is 19.9 Å². The van der Waals surface area contributed by atoms with Crippen LogP contribution in [0.25, 0.3) is 0 Å². The number of sulfonamides is 1. The molecule has 10 heteroatoms. The van der Waals surface area contributed by atoms with Crippen LogP contribution in [0.2, 0.25) is 0 Å². The van der Waals surface area contributed by atoms with E-state index in [9.17, 15) is 8.42 Å². The summed E-state index contributed by atoms with van der Waals surface area (Å²) < 4.78 is 27.1. The Morgan fingerprint density at radius 3 is 2.53 bits per heavy atom. The topological polar surface area (TPSA) is 89.9 Å². The quantitative estimate of drug-likeness (QED) is 0.287. The zero-order chi connectivity index (χ0) is 22.1. The third-order valence-corrected chi connectivity index (χ3v) is 6.98. The summed E-state index contributed by atoms with van der Waals surface area (Å²) in [6.07, 6.45) is 1.76. The molecule has 0 spiro atoms. The van der Waals surface area contributed by atoms with Gasteiger partial charge in [0.25, 0.3) is 0 Å². The van der Waals surface area contributed by atoms with Crippen molar-refractivity contribution in [3.8, 4) is 0 Å². The van der Waals surface area contributed by atoms with Crippen LogP contribution in [0, 0.1) is 6.92 Å². The summed E-state index contributed by atoms with van der Waals surface area (Å²) in [5, 5.41) is 6.32. The van der Waals surface area contributed by atoms with E-state index < -0.39 is 10.0 Å². The van der Waals surface area contributed by atoms with Gasteiger partial charge in [-0.05, 0) is 31.5 Å². The number of nitrogens with one attached hydrogen (secondary N) is 2. The maximum atomic E-state index is 12.8. The number of rotatable bonds is 8. The van der Waals surface area contributed by atoms with Crippen LogP contribution >= 0.6 is 24.0 Å². The Hall–Kier alpha value is -1.92. The molecule has 0 aliphatic carbocycles. The Morgan fingerprint density at radius 2 is 1.88 bits per heavy atom. The molecule has 3 rings (SSSR count). The van der Waals surface area contributed by atoms with Gasteiger partial charge >= 0.3 is 0 Å². The molecule has 0 unspecified atom stereocenters. The Kier molecular flexibility index (Phi) is 10.7. The summed E-state index contributed by atoms with van der Waals surface area (Å²) in [5.41, 5.74) is 2.32. The highest BCUT2D eigenvalue weighted by atomic mass is 127. The number of aliphatic imine (C=N–C) groups is 1. The Morgan fingerprint density at radius 1 is 1.09 bits per heavy atom. The lowest BCUT2D eigenvalue weighted by Crippen LogP contribution is -2.50. The first-order valence-corrected chi connectivity index (χ1v) is 12.3. The second-order valence-electron chi connectivity index (χ2n) is 7.50. The third kappa shape index (κ3) is 7.89. The first-order chi connectivity index (χ1) is 15.0. The number of aromatic nitrogens is 1. The van der Waals surface area contributed by atoms with Crippen LogP contribution in [0.5, 0.6) is 0 Å². The van der Waals surface area contributed by atoms with Gasteiger partial charge in [-0.1, -0.05) is 35.9 Å². The lowest BCUT2D eigenvalue weighted by Gasteiger charge is -2.34. The van der Waals surface area contributed by atoms with E-state index in [2.05, 4.69) is 44.6 Å². The first kappa shape index (κ1) is 26.3. The van der Waals surface area contributed by atoms with E-state index in [-0.39, 0.29) is 29.7 Å². The smallest absolute Gasteiger partial charge is 0.215 e. The average molecular weight is 573 g/mol. The van der Waals surface area contributed by atoms with E-state index in [0.29, 0.717) is 51.8 Å². The van der Waals surface area contributed by atoms with Gasteiger partial charge in [0, 0.05) is 45.5 Å². The second kappa shape index (κ2) is 12.9. The van der Waals surface area contributed by atoms with Crippen LogP contribution in [0.15, 0.2) is 53.7 Å². The van der Waals surface area contributed by atoms with Crippen LogP contribution in [0.3, 0.4) is 0 Å². The van der Waals surface area contributed by atoms with E-state index in [1.807, 2.05) is 37.3 Å². The number of nitrogens with zero attached hydrogens (tertiary/aromatic N) is 4.